The van der Waals surface area contributed by atoms with Gasteiger partial charge in [-0.25, -0.2) is 8.42 Å². The van der Waals surface area contributed by atoms with E-state index in [0.717, 1.165) is 5.69 Å². The summed E-state index contributed by atoms with van der Waals surface area (Å²) in [5.41, 5.74) is 1.52. The molecule has 0 spiro atoms. The molecule has 0 fully saturated rings. The molecule has 2 N–H and O–H groups in total. The number of esters is 1. The Morgan fingerprint density at radius 2 is 1.66 bits per heavy atom. The first-order valence-corrected chi connectivity index (χ1v) is 10.5. The van der Waals surface area contributed by atoms with Crippen molar-refractivity contribution < 1.29 is 22.7 Å². The number of halogens is 1. The lowest BCUT2D eigenvalue weighted by Crippen LogP contribution is -2.40. The van der Waals surface area contributed by atoms with Gasteiger partial charge in [0, 0.05) is 30.5 Å². The van der Waals surface area contributed by atoms with Crippen LogP contribution in [0.15, 0.2) is 53.4 Å². The van der Waals surface area contributed by atoms with Gasteiger partial charge in [0.25, 0.3) is 5.91 Å². The van der Waals surface area contributed by atoms with Gasteiger partial charge in [-0.1, -0.05) is 11.6 Å². The van der Waals surface area contributed by atoms with E-state index >= 15 is 0 Å². The lowest BCUT2D eigenvalue weighted by molar-refractivity contribution is -0.148. The third-order valence-electron chi connectivity index (χ3n) is 3.82. The smallest absolute Gasteiger partial charge is 0.324 e. The monoisotopic (exact) mass is 439 g/mol. The maximum absolute atomic E-state index is 12.3. The Kier molecular flexibility index (Phi) is 7.60. The van der Waals surface area contributed by atoms with E-state index in [-0.39, 0.29) is 4.90 Å². The van der Waals surface area contributed by atoms with Crippen LogP contribution in [0.1, 0.15) is 6.92 Å². The first-order chi connectivity index (χ1) is 13.6. The minimum Gasteiger partial charge on any atom is -0.454 e. The average Bonchev–Trinajstić information content (AvgIpc) is 2.66. The number of carbonyl (C=O) groups excluding carboxylic acids is 2. The van der Waals surface area contributed by atoms with Crippen LogP contribution < -0.4 is 14.9 Å². The molecule has 0 aliphatic rings. The van der Waals surface area contributed by atoms with Crippen molar-refractivity contribution in [2.24, 2.45) is 0 Å². The summed E-state index contributed by atoms with van der Waals surface area (Å²) in [5.74, 6) is -1.41. The Labute approximate surface area is 174 Å². The Balaban J connectivity index is 1.85. The number of hydrogen-bond donors (Lipinski definition) is 2. The number of rotatable bonds is 8. The largest absolute Gasteiger partial charge is 0.454 e. The average molecular weight is 440 g/mol. The van der Waals surface area contributed by atoms with Crippen LogP contribution in [0.25, 0.3) is 0 Å². The van der Waals surface area contributed by atoms with E-state index in [4.69, 9.17) is 16.3 Å². The summed E-state index contributed by atoms with van der Waals surface area (Å²) in [6, 6.07) is 11.4. The number of amides is 1. The second kappa shape index (κ2) is 9.73. The number of hydrogen-bond acceptors (Lipinski definition) is 6. The summed E-state index contributed by atoms with van der Waals surface area (Å²) >= 11 is 5.74. The molecule has 10 heteroatoms. The molecule has 0 saturated carbocycles. The van der Waals surface area contributed by atoms with Gasteiger partial charge >= 0.3 is 5.97 Å². The van der Waals surface area contributed by atoms with E-state index in [1.807, 2.05) is 31.1 Å². The van der Waals surface area contributed by atoms with Crippen molar-refractivity contribution in [2.75, 3.05) is 30.9 Å². The molecule has 0 aliphatic heterocycles. The summed E-state index contributed by atoms with van der Waals surface area (Å²) in [4.78, 5) is 25.8. The number of carbonyl (C=O) groups is 2. The van der Waals surface area contributed by atoms with Crippen molar-refractivity contribution in [3.8, 4) is 0 Å². The fourth-order valence-electron chi connectivity index (χ4n) is 2.26. The predicted molar refractivity (Wildman–Crippen MR) is 112 cm³/mol. The maximum Gasteiger partial charge on any atom is 0.324 e. The highest BCUT2D eigenvalue weighted by Crippen LogP contribution is 2.16. The molecular weight excluding hydrogens is 418 g/mol. The zero-order chi connectivity index (χ0) is 21.6. The Morgan fingerprint density at radius 3 is 2.21 bits per heavy atom. The van der Waals surface area contributed by atoms with Crippen LogP contribution in [-0.4, -0.2) is 47.0 Å². The fourth-order valence-corrected chi connectivity index (χ4v) is 3.58. The molecule has 0 aromatic heterocycles. The van der Waals surface area contributed by atoms with Gasteiger partial charge in [0.05, 0.1) is 4.90 Å². The number of nitrogens with one attached hydrogen (secondary N) is 2. The van der Waals surface area contributed by atoms with Gasteiger partial charge in [-0.15, -0.1) is 0 Å². The molecule has 0 unspecified atom stereocenters. The second-order valence-corrected chi connectivity index (χ2v) is 8.54. The molecular formula is C19H22ClN3O5S. The van der Waals surface area contributed by atoms with Gasteiger partial charge in [0.15, 0.2) is 6.61 Å². The van der Waals surface area contributed by atoms with E-state index in [2.05, 4.69) is 10.0 Å². The van der Waals surface area contributed by atoms with Crippen molar-refractivity contribution in [3.05, 3.63) is 53.6 Å². The van der Waals surface area contributed by atoms with Gasteiger partial charge in [0.2, 0.25) is 10.0 Å². The van der Waals surface area contributed by atoms with Crippen LogP contribution in [0.3, 0.4) is 0 Å². The molecule has 0 radical (unpaired) electrons. The lowest BCUT2D eigenvalue weighted by atomic mass is 10.2. The molecule has 156 valence electrons. The standard InChI is InChI=1S/C19H22ClN3O5S/c1-13(22-29(26,27)17-10-4-14(20)5-11-17)19(25)28-12-18(24)21-15-6-8-16(9-7-15)23(2)3/h4-11,13,22H,12H2,1-3H3,(H,21,24)/t13-/m1/s1. The zero-order valence-electron chi connectivity index (χ0n) is 16.2. The van der Waals surface area contributed by atoms with Crippen LogP contribution >= 0.6 is 11.6 Å². The number of anilines is 2. The molecule has 0 saturated heterocycles. The Morgan fingerprint density at radius 1 is 1.07 bits per heavy atom. The molecule has 29 heavy (non-hydrogen) atoms. The molecule has 0 bridgehead atoms. The maximum atomic E-state index is 12.3. The molecule has 8 nitrogen and oxygen atoms in total. The Bertz CT molecular complexity index is 960. The molecule has 0 heterocycles. The predicted octanol–water partition coefficient (Wildman–Crippen LogP) is 2.25. The van der Waals surface area contributed by atoms with Gasteiger partial charge in [-0.3, -0.25) is 9.59 Å². The van der Waals surface area contributed by atoms with E-state index in [0.29, 0.717) is 10.7 Å². The van der Waals surface area contributed by atoms with Gasteiger partial charge < -0.3 is 15.0 Å². The van der Waals surface area contributed by atoms with Gasteiger partial charge in [0.1, 0.15) is 6.04 Å². The van der Waals surface area contributed by atoms with Crippen molar-refractivity contribution >= 4 is 44.9 Å². The first-order valence-electron chi connectivity index (χ1n) is 8.60. The highest BCUT2D eigenvalue weighted by Gasteiger charge is 2.23. The van der Waals surface area contributed by atoms with Crippen molar-refractivity contribution in [3.63, 3.8) is 0 Å². The Hall–Kier alpha value is -2.62. The minimum atomic E-state index is -3.93. The van der Waals surface area contributed by atoms with E-state index in [1.54, 1.807) is 12.1 Å². The highest BCUT2D eigenvalue weighted by molar-refractivity contribution is 7.89. The van der Waals surface area contributed by atoms with Crippen LogP contribution in [-0.2, 0) is 24.3 Å². The van der Waals surface area contributed by atoms with Gasteiger partial charge in [-0.05, 0) is 55.5 Å². The first kappa shape index (κ1) is 22.7. The molecule has 2 aromatic rings. The topological polar surface area (TPSA) is 105 Å². The van der Waals surface area contributed by atoms with Crippen molar-refractivity contribution in [1.82, 2.24) is 4.72 Å². The molecule has 2 aromatic carbocycles. The highest BCUT2D eigenvalue weighted by atomic mass is 35.5. The summed E-state index contributed by atoms with van der Waals surface area (Å²) in [7, 11) is -0.137. The quantitative estimate of drug-likeness (QED) is 0.611. The lowest BCUT2D eigenvalue weighted by Gasteiger charge is -2.14. The number of sulfonamides is 1. The van der Waals surface area contributed by atoms with E-state index < -0.39 is 34.5 Å². The van der Waals surface area contributed by atoms with Crippen LogP contribution in [0.4, 0.5) is 11.4 Å². The van der Waals surface area contributed by atoms with E-state index in [9.17, 15) is 18.0 Å². The fraction of sp³-hybridized carbons (Fsp3) is 0.263. The number of nitrogens with zero attached hydrogens (tertiary/aromatic N) is 1. The van der Waals surface area contributed by atoms with E-state index in [1.165, 1.54) is 31.2 Å². The summed E-state index contributed by atoms with van der Waals surface area (Å²) < 4.78 is 31.6. The third kappa shape index (κ3) is 6.74. The zero-order valence-corrected chi connectivity index (χ0v) is 17.8. The molecule has 1 amide bonds. The van der Waals surface area contributed by atoms with Crippen molar-refractivity contribution in [1.29, 1.82) is 0 Å². The molecule has 2 rings (SSSR count). The summed E-state index contributed by atoms with van der Waals surface area (Å²) in [6.45, 7) is 0.787. The van der Waals surface area contributed by atoms with Crippen LogP contribution in [0, 0.1) is 0 Å². The third-order valence-corrected chi connectivity index (χ3v) is 5.63. The van der Waals surface area contributed by atoms with Gasteiger partial charge in [-0.2, -0.15) is 4.72 Å². The summed E-state index contributed by atoms with van der Waals surface area (Å²) in [5, 5.41) is 2.98. The van der Waals surface area contributed by atoms with Crippen LogP contribution in [0.2, 0.25) is 5.02 Å². The normalized spacial score (nSPS) is 12.1. The number of benzene rings is 2. The molecule has 1 atom stereocenters. The number of ether oxygens (including phenoxy) is 1. The van der Waals surface area contributed by atoms with Crippen molar-refractivity contribution in [2.45, 2.75) is 17.9 Å². The van der Waals surface area contributed by atoms with Crippen LogP contribution in [0.5, 0.6) is 0 Å². The minimum absolute atomic E-state index is 0.0412. The molecule has 0 aliphatic carbocycles. The SMILES string of the molecule is C[C@@H](NS(=O)(=O)c1ccc(Cl)cc1)C(=O)OCC(=O)Nc1ccc(N(C)C)cc1. The second-order valence-electron chi connectivity index (χ2n) is 6.39. The summed E-state index contributed by atoms with van der Waals surface area (Å²) in [6.07, 6.45) is 0.